The van der Waals surface area contributed by atoms with Crippen LogP contribution in [0.2, 0.25) is 0 Å². The van der Waals surface area contributed by atoms with E-state index in [1.807, 2.05) is 6.92 Å². The van der Waals surface area contributed by atoms with Crippen molar-refractivity contribution in [1.29, 1.82) is 0 Å². The third kappa shape index (κ3) is 5.52. The number of amides is 1. The van der Waals surface area contributed by atoms with E-state index in [0.717, 1.165) is 0 Å². The zero-order chi connectivity index (χ0) is 14.1. The summed E-state index contributed by atoms with van der Waals surface area (Å²) in [7, 11) is 1.33. The molecule has 0 spiro atoms. The largest absolute Gasteiger partial charge is 0.465 e. The first-order valence-corrected chi connectivity index (χ1v) is 6.23. The van der Waals surface area contributed by atoms with Crippen molar-refractivity contribution in [2.75, 3.05) is 25.6 Å². The molecular weight excluding hydrogens is 246 g/mol. The Kier molecular flexibility index (Phi) is 6.60. The average molecular weight is 265 g/mol. The van der Waals surface area contributed by atoms with Crippen molar-refractivity contribution in [2.45, 2.75) is 19.8 Å². The van der Waals surface area contributed by atoms with Gasteiger partial charge in [0.2, 0.25) is 5.91 Å². The van der Waals surface area contributed by atoms with Gasteiger partial charge in [-0.1, -0.05) is 0 Å². The van der Waals surface area contributed by atoms with Gasteiger partial charge in [-0.15, -0.1) is 0 Å². The molecule has 5 heteroatoms. The molecule has 1 N–H and O–H groups in total. The molecule has 1 aromatic rings. The Bertz CT molecular complexity index is 414. The summed E-state index contributed by atoms with van der Waals surface area (Å²) in [6.45, 7) is 3.17. The van der Waals surface area contributed by atoms with Crippen LogP contribution in [0.5, 0.6) is 0 Å². The number of hydrogen-bond acceptors (Lipinski definition) is 4. The van der Waals surface area contributed by atoms with Crippen LogP contribution in [0.3, 0.4) is 0 Å². The molecule has 0 aliphatic carbocycles. The van der Waals surface area contributed by atoms with Gasteiger partial charge in [-0.3, -0.25) is 4.79 Å². The molecule has 0 unspecified atom stereocenters. The smallest absolute Gasteiger partial charge is 0.337 e. The summed E-state index contributed by atoms with van der Waals surface area (Å²) in [5.41, 5.74) is 1.12. The maximum absolute atomic E-state index is 11.6. The van der Waals surface area contributed by atoms with Crippen molar-refractivity contribution < 1.29 is 19.1 Å². The minimum Gasteiger partial charge on any atom is -0.465 e. The minimum absolute atomic E-state index is 0.0643. The van der Waals surface area contributed by atoms with Crippen LogP contribution >= 0.6 is 0 Å². The van der Waals surface area contributed by atoms with Gasteiger partial charge in [0.05, 0.1) is 12.7 Å². The Hall–Kier alpha value is -1.88. The first-order valence-electron chi connectivity index (χ1n) is 6.23. The molecule has 0 saturated carbocycles. The Morgan fingerprint density at radius 1 is 1.21 bits per heavy atom. The van der Waals surface area contributed by atoms with Gasteiger partial charge in [0, 0.05) is 25.3 Å². The van der Waals surface area contributed by atoms with E-state index in [9.17, 15) is 9.59 Å². The summed E-state index contributed by atoms with van der Waals surface area (Å²) in [6.07, 6.45) is 1.11. The first-order chi connectivity index (χ1) is 9.17. The van der Waals surface area contributed by atoms with Crippen LogP contribution in [0.1, 0.15) is 30.1 Å². The molecule has 104 valence electrons. The van der Waals surface area contributed by atoms with E-state index in [1.54, 1.807) is 24.3 Å². The quantitative estimate of drug-likeness (QED) is 0.606. The second-order valence-corrected chi connectivity index (χ2v) is 3.92. The van der Waals surface area contributed by atoms with Crippen molar-refractivity contribution in [3.05, 3.63) is 29.8 Å². The zero-order valence-electron chi connectivity index (χ0n) is 11.3. The van der Waals surface area contributed by atoms with Gasteiger partial charge in [0.25, 0.3) is 0 Å². The minimum atomic E-state index is -0.394. The van der Waals surface area contributed by atoms with Crippen LogP contribution in [-0.2, 0) is 14.3 Å². The lowest BCUT2D eigenvalue weighted by atomic mass is 10.2. The molecule has 0 heterocycles. The molecule has 0 aliphatic rings. The first kappa shape index (κ1) is 15.2. The molecule has 0 fully saturated rings. The molecule has 0 aliphatic heterocycles. The van der Waals surface area contributed by atoms with E-state index in [-0.39, 0.29) is 5.91 Å². The molecule has 0 saturated heterocycles. The van der Waals surface area contributed by atoms with Gasteiger partial charge in [-0.2, -0.15) is 0 Å². The SMILES string of the molecule is CCOCCCC(=O)Nc1ccc(C(=O)OC)cc1. The summed E-state index contributed by atoms with van der Waals surface area (Å²) in [6, 6.07) is 6.57. The van der Waals surface area contributed by atoms with Crippen molar-refractivity contribution in [1.82, 2.24) is 0 Å². The molecule has 0 aromatic heterocycles. The number of rotatable bonds is 7. The van der Waals surface area contributed by atoms with Crippen LogP contribution in [-0.4, -0.2) is 32.2 Å². The summed E-state index contributed by atoms with van der Waals surface area (Å²) in [4.78, 5) is 22.8. The Balaban J connectivity index is 2.40. The van der Waals surface area contributed by atoms with Crippen LogP contribution in [0.15, 0.2) is 24.3 Å². The number of carbonyl (C=O) groups excluding carboxylic acids is 2. The third-order valence-corrected chi connectivity index (χ3v) is 2.49. The van der Waals surface area contributed by atoms with Gasteiger partial charge >= 0.3 is 5.97 Å². The normalized spacial score (nSPS) is 10.0. The Labute approximate surface area is 112 Å². The monoisotopic (exact) mass is 265 g/mol. The fourth-order valence-electron chi connectivity index (χ4n) is 1.51. The number of benzene rings is 1. The maximum atomic E-state index is 11.6. The van der Waals surface area contributed by atoms with E-state index in [4.69, 9.17) is 4.74 Å². The Morgan fingerprint density at radius 3 is 2.47 bits per heavy atom. The Morgan fingerprint density at radius 2 is 1.89 bits per heavy atom. The van der Waals surface area contributed by atoms with E-state index in [2.05, 4.69) is 10.1 Å². The van der Waals surface area contributed by atoms with Crippen LogP contribution in [0, 0.1) is 0 Å². The predicted octanol–water partition coefficient (Wildman–Crippen LogP) is 2.23. The predicted molar refractivity (Wildman–Crippen MR) is 72.1 cm³/mol. The molecule has 1 rings (SSSR count). The summed E-state index contributed by atoms with van der Waals surface area (Å²) in [5.74, 6) is -0.458. The van der Waals surface area contributed by atoms with Gasteiger partial charge < -0.3 is 14.8 Å². The lowest BCUT2D eigenvalue weighted by molar-refractivity contribution is -0.116. The molecule has 1 amide bonds. The van der Waals surface area contributed by atoms with Gasteiger partial charge in [-0.05, 0) is 37.6 Å². The standard InChI is InChI=1S/C14H19NO4/c1-3-19-10-4-5-13(16)15-12-8-6-11(7-9-12)14(17)18-2/h6-9H,3-5,10H2,1-2H3,(H,15,16). The van der Waals surface area contributed by atoms with E-state index in [0.29, 0.717) is 37.3 Å². The number of anilines is 1. The lowest BCUT2D eigenvalue weighted by Crippen LogP contribution is -2.12. The third-order valence-electron chi connectivity index (χ3n) is 2.49. The molecule has 0 atom stereocenters. The molecule has 1 aromatic carbocycles. The van der Waals surface area contributed by atoms with Gasteiger partial charge in [0.1, 0.15) is 0 Å². The highest BCUT2D eigenvalue weighted by atomic mass is 16.5. The number of hydrogen-bond donors (Lipinski definition) is 1. The maximum Gasteiger partial charge on any atom is 0.337 e. The van der Waals surface area contributed by atoms with E-state index in [1.165, 1.54) is 7.11 Å². The fourth-order valence-corrected chi connectivity index (χ4v) is 1.51. The molecule has 0 bridgehead atoms. The highest BCUT2D eigenvalue weighted by molar-refractivity contribution is 5.92. The van der Waals surface area contributed by atoms with Crippen molar-refractivity contribution in [2.24, 2.45) is 0 Å². The van der Waals surface area contributed by atoms with E-state index < -0.39 is 5.97 Å². The van der Waals surface area contributed by atoms with Crippen LogP contribution in [0.4, 0.5) is 5.69 Å². The fraction of sp³-hybridized carbons (Fsp3) is 0.429. The van der Waals surface area contributed by atoms with E-state index >= 15 is 0 Å². The zero-order valence-corrected chi connectivity index (χ0v) is 11.3. The molecule has 0 radical (unpaired) electrons. The number of esters is 1. The number of ether oxygens (including phenoxy) is 2. The number of methoxy groups -OCH3 is 1. The topological polar surface area (TPSA) is 64.6 Å². The van der Waals surface area contributed by atoms with Gasteiger partial charge in [0.15, 0.2) is 0 Å². The second-order valence-electron chi connectivity index (χ2n) is 3.92. The van der Waals surface area contributed by atoms with Crippen molar-refractivity contribution >= 4 is 17.6 Å². The molecular formula is C14H19NO4. The molecule has 19 heavy (non-hydrogen) atoms. The second kappa shape index (κ2) is 8.26. The lowest BCUT2D eigenvalue weighted by Gasteiger charge is -2.06. The van der Waals surface area contributed by atoms with Crippen LogP contribution in [0.25, 0.3) is 0 Å². The van der Waals surface area contributed by atoms with Crippen molar-refractivity contribution in [3.8, 4) is 0 Å². The number of carbonyl (C=O) groups is 2. The highest BCUT2D eigenvalue weighted by Crippen LogP contribution is 2.11. The van der Waals surface area contributed by atoms with Gasteiger partial charge in [-0.25, -0.2) is 4.79 Å². The highest BCUT2D eigenvalue weighted by Gasteiger charge is 2.06. The summed E-state index contributed by atoms with van der Waals surface area (Å²) < 4.78 is 9.75. The van der Waals surface area contributed by atoms with Crippen molar-refractivity contribution in [3.63, 3.8) is 0 Å². The average Bonchev–Trinajstić information content (AvgIpc) is 2.43. The van der Waals surface area contributed by atoms with Crippen LogP contribution < -0.4 is 5.32 Å². The molecule has 5 nitrogen and oxygen atoms in total. The summed E-state index contributed by atoms with van der Waals surface area (Å²) >= 11 is 0. The summed E-state index contributed by atoms with van der Waals surface area (Å²) in [5, 5.41) is 2.76. The number of nitrogens with one attached hydrogen (secondary N) is 1.